The zero-order chi connectivity index (χ0) is 29.1. The largest absolute Gasteiger partial charge is 0.463 e. The second kappa shape index (κ2) is 12.3. The van der Waals surface area contributed by atoms with Gasteiger partial charge in [-0.1, -0.05) is 37.6 Å². The Morgan fingerprint density at radius 2 is 2.00 bits per heavy atom. The number of halogens is 3. The van der Waals surface area contributed by atoms with Gasteiger partial charge < -0.3 is 14.2 Å². The number of aromatic nitrogens is 2. The van der Waals surface area contributed by atoms with Gasteiger partial charge in [0.2, 0.25) is 6.23 Å². The molecule has 0 aliphatic carbocycles. The molecule has 2 unspecified atom stereocenters. The maximum Gasteiger partial charge on any atom is 0.434 e. The van der Waals surface area contributed by atoms with E-state index in [1.54, 1.807) is 24.3 Å². The molecule has 1 aromatic carbocycles. The maximum absolute atomic E-state index is 15.4. The number of rotatable bonds is 9. The van der Waals surface area contributed by atoms with Crippen LogP contribution in [0.2, 0.25) is 5.02 Å². The van der Waals surface area contributed by atoms with Crippen molar-refractivity contribution in [2.24, 2.45) is 0 Å². The molecule has 0 radical (unpaired) electrons. The van der Waals surface area contributed by atoms with Gasteiger partial charge in [0.15, 0.2) is 6.10 Å². The number of carbonyl (C=O) groups is 2. The Balaban J connectivity index is 1.53. The van der Waals surface area contributed by atoms with Crippen LogP contribution in [0, 0.1) is 0 Å². The highest BCUT2D eigenvalue weighted by molar-refractivity contribution is 7.55. The van der Waals surface area contributed by atoms with Gasteiger partial charge in [-0.15, -0.1) is 0 Å². The lowest BCUT2D eigenvalue weighted by Gasteiger charge is -2.30. The molecule has 4 rings (SSSR count). The van der Waals surface area contributed by atoms with Crippen molar-refractivity contribution in [1.29, 1.82) is 0 Å². The molecule has 2 aliphatic heterocycles. The van der Waals surface area contributed by atoms with Crippen LogP contribution in [-0.4, -0.2) is 52.8 Å². The lowest BCUT2D eigenvalue weighted by atomic mass is 10.1. The Morgan fingerprint density at radius 3 is 2.67 bits per heavy atom. The van der Waals surface area contributed by atoms with Crippen molar-refractivity contribution in [2.45, 2.75) is 63.6 Å². The smallest absolute Gasteiger partial charge is 0.434 e. The van der Waals surface area contributed by atoms with Crippen molar-refractivity contribution in [3.8, 4) is 0 Å². The maximum atomic E-state index is 15.4. The fourth-order valence-electron chi connectivity index (χ4n) is 4.07. The van der Waals surface area contributed by atoms with Gasteiger partial charge in [-0.05, 0) is 23.8 Å². The summed E-state index contributed by atoms with van der Waals surface area (Å²) in [6.45, 7) is 2.36. The second-order valence-electron chi connectivity index (χ2n) is 8.88. The Hall–Kier alpha value is -2.90. The summed E-state index contributed by atoms with van der Waals surface area (Å²) >= 11 is 6.03. The summed E-state index contributed by atoms with van der Waals surface area (Å²) in [4.78, 5) is 39.9. The molecule has 0 amide bonds. The van der Waals surface area contributed by atoms with Gasteiger partial charge in [0.25, 0.3) is 0 Å². The van der Waals surface area contributed by atoms with Crippen molar-refractivity contribution in [1.82, 2.24) is 9.55 Å². The topological polar surface area (TPSA) is 144 Å². The first-order valence-corrected chi connectivity index (χ1v) is 14.3. The van der Waals surface area contributed by atoms with E-state index in [-0.39, 0.29) is 25.3 Å². The Labute approximate surface area is 232 Å². The van der Waals surface area contributed by atoms with Crippen molar-refractivity contribution >= 4 is 37.1 Å². The van der Waals surface area contributed by atoms with Gasteiger partial charge in [0.1, 0.15) is 18.5 Å². The molecule has 40 heavy (non-hydrogen) atoms. The molecule has 2 aliphatic rings. The van der Waals surface area contributed by atoms with E-state index in [0.29, 0.717) is 21.6 Å². The number of ether oxygens (including phenoxy) is 3. The van der Waals surface area contributed by atoms with Gasteiger partial charge >= 0.3 is 31.3 Å². The highest BCUT2D eigenvalue weighted by atomic mass is 35.5. The number of hydrogen-bond acceptors (Lipinski definition) is 10. The molecule has 3 heterocycles. The summed E-state index contributed by atoms with van der Waals surface area (Å²) in [5, 5.41) is 2.90. The van der Waals surface area contributed by atoms with Crippen molar-refractivity contribution < 1.29 is 46.2 Å². The first-order valence-electron chi connectivity index (χ1n) is 12.4. The monoisotopic (exact) mass is 605 g/mol. The third kappa shape index (κ3) is 6.69. The molecule has 0 spiro atoms. The van der Waals surface area contributed by atoms with Gasteiger partial charge in [0, 0.05) is 30.5 Å². The summed E-state index contributed by atoms with van der Waals surface area (Å²) in [6, 6.07) is 7.89. The highest BCUT2D eigenvalue weighted by Gasteiger charge is 2.62. The van der Waals surface area contributed by atoms with Crippen LogP contribution >= 0.6 is 19.3 Å². The molecule has 0 bridgehead atoms. The van der Waals surface area contributed by atoms with E-state index in [1.165, 1.54) is 13.8 Å². The third-order valence-electron chi connectivity index (χ3n) is 6.06. The van der Waals surface area contributed by atoms with Crippen LogP contribution in [0.15, 0.2) is 41.3 Å². The van der Waals surface area contributed by atoms with Crippen LogP contribution in [-0.2, 0) is 37.4 Å². The normalized spacial score (nSPS) is 27.6. The van der Waals surface area contributed by atoms with Crippen LogP contribution in [0.1, 0.15) is 51.0 Å². The number of nitrogens with one attached hydrogen (secondary N) is 1. The number of anilines is 1. The molecular weight excluding hydrogens is 579 g/mol. The SMILES string of the molecule is CCC(=O)OC[C@H]1O[C@@H](n2ccc(NP3(=O)OCCC(c4cccc(Cl)c4)O3)nc2=O)C(F)(F)[C@@H]1OC(=O)CC. The third-order valence-corrected chi connectivity index (χ3v) is 7.85. The molecule has 2 saturated heterocycles. The lowest BCUT2D eigenvalue weighted by Crippen LogP contribution is -2.44. The van der Waals surface area contributed by atoms with Crippen LogP contribution < -0.4 is 10.8 Å². The second-order valence-corrected chi connectivity index (χ2v) is 11.0. The number of nitrogens with zero attached hydrogens (tertiary/aromatic N) is 2. The van der Waals surface area contributed by atoms with E-state index in [9.17, 15) is 18.9 Å². The minimum absolute atomic E-state index is 0.0130. The number of carbonyl (C=O) groups excluding carboxylic acids is 2. The lowest BCUT2D eigenvalue weighted by molar-refractivity contribution is -0.176. The summed E-state index contributed by atoms with van der Waals surface area (Å²) in [6.07, 6.45) is -5.44. The Kier molecular flexibility index (Phi) is 9.26. The number of benzene rings is 1. The Morgan fingerprint density at radius 1 is 1.25 bits per heavy atom. The van der Waals surface area contributed by atoms with Crippen LogP contribution in [0.3, 0.4) is 0 Å². The van der Waals surface area contributed by atoms with Gasteiger partial charge in [0.05, 0.1) is 12.7 Å². The average Bonchev–Trinajstić information content (AvgIpc) is 3.16. The predicted molar refractivity (Wildman–Crippen MR) is 136 cm³/mol. The summed E-state index contributed by atoms with van der Waals surface area (Å²) < 4.78 is 70.7. The van der Waals surface area contributed by atoms with Crippen molar-refractivity contribution in [2.75, 3.05) is 18.3 Å². The average molecular weight is 606 g/mol. The number of esters is 2. The summed E-state index contributed by atoms with van der Waals surface area (Å²) in [7, 11) is -4.01. The molecule has 12 nitrogen and oxygen atoms in total. The molecule has 5 atom stereocenters. The van der Waals surface area contributed by atoms with Crippen LogP contribution in [0.25, 0.3) is 0 Å². The predicted octanol–water partition coefficient (Wildman–Crippen LogP) is 4.40. The van der Waals surface area contributed by atoms with Crippen LogP contribution in [0.4, 0.5) is 14.6 Å². The fraction of sp³-hybridized carbons (Fsp3) is 0.500. The zero-order valence-electron chi connectivity index (χ0n) is 21.5. The minimum Gasteiger partial charge on any atom is -0.463 e. The van der Waals surface area contributed by atoms with Gasteiger partial charge in [-0.2, -0.15) is 13.8 Å². The highest BCUT2D eigenvalue weighted by Crippen LogP contribution is 2.55. The number of hydrogen-bond donors (Lipinski definition) is 1. The molecule has 218 valence electrons. The summed E-state index contributed by atoms with van der Waals surface area (Å²) in [5.41, 5.74) is -0.532. The van der Waals surface area contributed by atoms with E-state index in [0.717, 1.165) is 12.3 Å². The van der Waals surface area contributed by atoms with E-state index in [2.05, 4.69) is 10.1 Å². The van der Waals surface area contributed by atoms with Crippen molar-refractivity contribution in [3.05, 3.63) is 57.6 Å². The quantitative estimate of drug-likeness (QED) is 0.321. The van der Waals surface area contributed by atoms with Crippen molar-refractivity contribution in [3.63, 3.8) is 0 Å². The molecule has 0 saturated carbocycles. The number of alkyl halides is 2. The Bertz CT molecular complexity index is 1360. The molecule has 2 aromatic rings. The molecule has 2 fully saturated rings. The fourth-order valence-corrected chi connectivity index (χ4v) is 5.76. The first-order chi connectivity index (χ1) is 19.0. The van der Waals surface area contributed by atoms with E-state index in [4.69, 9.17) is 34.9 Å². The standard InChI is InChI=1S/C24H27ClF2N3O9P/c1-3-19(31)35-13-17-21(38-20(32)4-2)24(26,27)22(37-17)30-10-8-18(28-23(30)33)29-40(34)36-11-9-16(39-40)14-6-5-7-15(25)12-14/h5-8,10,12,16-17,21-22H,3-4,9,11,13H2,1-2H3,(H,28,29,33,34)/t16?,17-,21-,22-,40?/m1/s1. The van der Waals surface area contributed by atoms with E-state index < -0.39 is 62.4 Å². The molecule has 1 aromatic heterocycles. The van der Waals surface area contributed by atoms with E-state index >= 15 is 8.78 Å². The minimum atomic E-state index is -4.01. The van der Waals surface area contributed by atoms with Crippen LogP contribution in [0.5, 0.6) is 0 Å². The van der Waals surface area contributed by atoms with E-state index in [1.807, 2.05) is 0 Å². The first kappa shape index (κ1) is 30.1. The van der Waals surface area contributed by atoms with Gasteiger partial charge in [-0.25, -0.2) is 9.36 Å². The molecular formula is C24H27ClF2N3O9P. The summed E-state index contributed by atoms with van der Waals surface area (Å²) in [5.74, 6) is -5.77. The van der Waals surface area contributed by atoms with Gasteiger partial charge in [-0.3, -0.25) is 28.3 Å². The molecule has 1 N–H and O–H groups in total. The molecule has 16 heteroatoms. The zero-order valence-corrected chi connectivity index (χ0v) is 23.1.